The minimum Gasteiger partial charge on any atom is -0.480 e. The monoisotopic (exact) mass is 397 g/mol. The Morgan fingerprint density at radius 3 is 2.32 bits per heavy atom. The van der Waals surface area contributed by atoms with Crippen molar-refractivity contribution in [3.05, 3.63) is 0 Å². The zero-order chi connectivity index (χ0) is 20.7. The molecule has 3 amide bonds. The molecule has 0 radical (unpaired) electrons. The van der Waals surface area contributed by atoms with Crippen LogP contribution in [0.4, 0.5) is 0 Å². The lowest BCUT2D eigenvalue weighted by Crippen LogP contribution is -2.53. The van der Waals surface area contributed by atoms with Crippen LogP contribution in [0.3, 0.4) is 0 Å². The van der Waals surface area contributed by atoms with E-state index in [-0.39, 0.29) is 12.5 Å². The summed E-state index contributed by atoms with van der Waals surface area (Å²) >= 11 is 0. The van der Waals surface area contributed by atoms with E-state index in [1.54, 1.807) is 0 Å². The summed E-state index contributed by atoms with van der Waals surface area (Å²) in [5, 5.41) is 11.7. The molecule has 0 spiro atoms. The van der Waals surface area contributed by atoms with E-state index >= 15 is 0 Å². The number of carboxylic acid groups (broad SMARTS) is 1. The molecule has 2 heterocycles. The van der Waals surface area contributed by atoms with Crippen molar-refractivity contribution in [1.82, 2.24) is 15.1 Å². The SMILES string of the molecule is NCCCCC(N)C(=O)N1CCCC1C(=O)NCC(=O)N1CCCC1C(=O)O. The summed E-state index contributed by atoms with van der Waals surface area (Å²) in [7, 11) is 0. The molecule has 2 saturated heterocycles. The van der Waals surface area contributed by atoms with Gasteiger partial charge < -0.3 is 31.7 Å². The maximum atomic E-state index is 12.6. The van der Waals surface area contributed by atoms with Gasteiger partial charge in [-0.1, -0.05) is 6.42 Å². The quantitative estimate of drug-likeness (QED) is 0.349. The third kappa shape index (κ3) is 5.41. The highest BCUT2D eigenvalue weighted by atomic mass is 16.4. The number of likely N-dealkylation sites (tertiary alicyclic amines) is 2. The summed E-state index contributed by atoms with van der Waals surface area (Å²) in [6.45, 7) is 1.10. The van der Waals surface area contributed by atoms with Crippen molar-refractivity contribution in [2.45, 2.75) is 63.1 Å². The molecule has 2 rings (SSSR count). The van der Waals surface area contributed by atoms with E-state index in [0.717, 1.165) is 12.8 Å². The Kier molecular flexibility index (Phi) is 8.18. The van der Waals surface area contributed by atoms with Crippen LogP contribution >= 0.6 is 0 Å². The molecule has 3 atom stereocenters. The Labute approximate surface area is 164 Å². The molecule has 3 unspecified atom stereocenters. The summed E-state index contributed by atoms with van der Waals surface area (Å²) in [5.41, 5.74) is 11.4. The maximum Gasteiger partial charge on any atom is 0.326 e. The van der Waals surface area contributed by atoms with Gasteiger partial charge in [0.25, 0.3) is 0 Å². The van der Waals surface area contributed by atoms with Crippen LogP contribution < -0.4 is 16.8 Å². The highest BCUT2D eigenvalue weighted by molar-refractivity contribution is 5.93. The van der Waals surface area contributed by atoms with Gasteiger partial charge in [-0.3, -0.25) is 14.4 Å². The molecule has 158 valence electrons. The van der Waals surface area contributed by atoms with Crippen molar-refractivity contribution in [3.63, 3.8) is 0 Å². The molecule has 2 fully saturated rings. The molecule has 0 saturated carbocycles. The Morgan fingerprint density at radius 2 is 1.68 bits per heavy atom. The Balaban J connectivity index is 1.86. The minimum atomic E-state index is -1.03. The number of nitrogens with two attached hydrogens (primary N) is 2. The first-order valence-electron chi connectivity index (χ1n) is 9.93. The summed E-state index contributed by atoms with van der Waals surface area (Å²) in [6, 6.07) is -2.14. The van der Waals surface area contributed by atoms with Gasteiger partial charge in [0.2, 0.25) is 17.7 Å². The predicted octanol–water partition coefficient (Wildman–Crippen LogP) is -1.37. The molecule has 0 aromatic carbocycles. The topological polar surface area (TPSA) is 159 Å². The van der Waals surface area contributed by atoms with Crippen LogP contribution in [0.25, 0.3) is 0 Å². The van der Waals surface area contributed by atoms with Crippen molar-refractivity contribution in [3.8, 4) is 0 Å². The molecule has 2 aliphatic heterocycles. The number of carbonyl (C=O) groups excluding carboxylic acids is 3. The molecule has 2 aliphatic rings. The van der Waals surface area contributed by atoms with Crippen LogP contribution in [-0.2, 0) is 19.2 Å². The van der Waals surface area contributed by atoms with Gasteiger partial charge in [-0.15, -0.1) is 0 Å². The lowest BCUT2D eigenvalue weighted by molar-refractivity contribution is -0.148. The predicted molar refractivity (Wildman–Crippen MR) is 101 cm³/mol. The van der Waals surface area contributed by atoms with E-state index < -0.39 is 35.9 Å². The summed E-state index contributed by atoms with van der Waals surface area (Å²) < 4.78 is 0. The lowest BCUT2D eigenvalue weighted by atomic mass is 10.1. The van der Waals surface area contributed by atoms with Crippen molar-refractivity contribution in [2.75, 3.05) is 26.2 Å². The van der Waals surface area contributed by atoms with Crippen molar-refractivity contribution < 1.29 is 24.3 Å². The maximum absolute atomic E-state index is 12.6. The second kappa shape index (κ2) is 10.4. The van der Waals surface area contributed by atoms with E-state index in [9.17, 15) is 19.2 Å². The number of amides is 3. The van der Waals surface area contributed by atoms with Crippen LogP contribution in [0.1, 0.15) is 44.9 Å². The van der Waals surface area contributed by atoms with Gasteiger partial charge in [0.05, 0.1) is 12.6 Å². The summed E-state index contributed by atoms with van der Waals surface area (Å²) in [6.07, 6.45) is 4.32. The minimum absolute atomic E-state index is 0.258. The van der Waals surface area contributed by atoms with Gasteiger partial charge in [0, 0.05) is 13.1 Å². The molecule has 0 aliphatic carbocycles. The van der Waals surface area contributed by atoms with Gasteiger partial charge in [-0.05, 0) is 45.1 Å². The average Bonchev–Trinajstić information content (AvgIpc) is 3.34. The molecule has 0 aromatic rings. The fraction of sp³-hybridized carbons (Fsp3) is 0.778. The fourth-order valence-corrected chi connectivity index (χ4v) is 3.85. The van der Waals surface area contributed by atoms with Gasteiger partial charge in [0.1, 0.15) is 12.1 Å². The zero-order valence-electron chi connectivity index (χ0n) is 16.1. The van der Waals surface area contributed by atoms with Gasteiger partial charge >= 0.3 is 5.97 Å². The van der Waals surface area contributed by atoms with Crippen molar-refractivity contribution >= 4 is 23.7 Å². The first-order chi connectivity index (χ1) is 13.4. The molecule has 10 heteroatoms. The summed E-state index contributed by atoms with van der Waals surface area (Å²) in [5.74, 6) is -2.12. The third-order valence-corrected chi connectivity index (χ3v) is 5.40. The molecular weight excluding hydrogens is 366 g/mol. The van der Waals surface area contributed by atoms with Crippen LogP contribution in [0.5, 0.6) is 0 Å². The van der Waals surface area contributed by atoms with Gasteiger partial charge in [0.15, 0.2) is 0 Å². The number of aliphatic carboxylic acids is 1. The second-order valence-corrected chi connectivity index (χ2v) is 7.38. The molecular formula is C18H31N5O5. The van der Waals surface area contributed by atoms with Crippen molar-refractivity contribution in [2.24, 2.45) is 11.5 Å². The number of carboxylic acids is 1. The number of rotatable bonds is 9. The molecule has 28 heavy (non-hydrogen) atoms. The Morgan fingerprint density at radius 1 is 1.04 bits per heavy atom. The lowest BCUT2D eigenvalue weighted by Gasteiger charge is -2.27. The third-order valence-electron chi connectivity index (χ3n) is 5.40. The highest BCUT2D eigenvalue weighted by Gasteiger charge is 2.37. The van der Waals surface area contributed by atoms with Gasteiger partial charge in [-0.2, -0.15) is 0 Å². The van der Waals surface area contributed by atoms with E-state index in [0.29, 0.717) is 51.7 Å². The second-order valence-electron chi connectivity index (χ2n) is 7.38. The van der Waals surface area contributed by atoms with Crippen molar-refractivity contribution in [1.29, 1.82) is 0 Å². The number of unbranched alkanes of at least 4 members (excludes halogenated alkanes) is 1. The largest absolute Gasteiger partial charge is 0.480 e. The smallest absolute Gasteiger partial charge is 0.326 e. The Hall–Kier alpha value is -2.20. The molecule has 10 nitrogen and oxygen atoms in total. The zero-order valence-corrected chi connectivity index (χ0v) is 16.1. The van der Waals surface area contributed by atoms with E-state index in [1.165, 1.54) is 9.80 Å². The Bertz CT molecular complexity index is 599. The van der Waals surface area contributed by atoms with Gasteiger partial charge in [-0.25, -0.2) is 4.79 Å². The molecule has 0 bridgehead atoms. The number of hydrogen-bond acceptors (Lipinski definition) is 6. The van der Waals surface area contributed by atoms with E-state index in [1.807, 2.05) is 0 Å². The van der Waals surface area contributed by atoms with Crippen LogP contribution in [0.2, 0.25) is 0 Å². The first kappa shape index (κ1) is 22.1. The molecule has 0 aromatic heterocycles. The number of nitrogens with one attached hydrogen (secondary N) is 1. The van der Waals surface area contributed by atoms with E-state index in [2.05, 4.69) is 5.32 Å². The fourth-order valence-electron chi connectivity index (χ4n) is 3.85. The average molecular weight is 397 g/mol. The van der Waals surface area contributed by atoms with E-state index in [4.69, 9.17) is 16.6 Å². The van der Waals surface area contributed by atoms with Crippen LogP contribution in [-0.4, -0.2) is 82.9 Å². The summed E-state index contributed by atoms with van der Waals surface area (Å²) in [4.78, 5) is 51.4. The standard InChI is InChI=1S/C18H31N5O5/c19-8-2-1-5-12(20)17(26)23-10-3-6-13(23)16(25)21-11-15(24)22-9-4-7-14(22)18(27)28/h12-14H,1-11,19-20H2,(H,21,25)(H,27,28). The normalized spacial score (nSPS) is 22.9. The number of nitrogens with zero attached hydrogens (tertiary/aromatic N) is 2. The number of hydrogen-bond donors (Lipinski definition) is 4. The van der Waals surface area contributed by atoms with Crippen LogP contribution in [0.15, 0.2) is 0 Å². The molecule has 6 N–H and O–H groups in total. The number of carbonyl (C=O) groups is 4. The van der Waals surface area contributed by atoms with Crippen LogP contribution in [0, 0.1) is 0 Å². The first-order valence-corrected chi connectivity index (χ1v) is 9.93. The highest BCUT2D eigenvalue weighted by Crippen LogP contribution is 2.20.